The van der Waals surface area contributed by atoms with Crippen LogP contribution in [0.4, 0.5) is 0 Å². The summed E-state index contributed by atoms with van der Waals surface area (Å²) in [6.07, 6.45) is 2.12. The summed E-state index contributed by atoms with van der Waals surface area (Å²) in [5.74, 6) is 1.64. The third-order valence-electron chi connectivity index (χ3n) is 4.44. The maximum atomic E-state index is 11.5. The molecule has 5 nitrogen and oxygen atoms in total. The number of nitrogens with zero attached hydrogens (tertiary/aromatic N) is 1. The monoisotopic (exact) mass is 377 g/mol. The first kappa shape index (κ1) is 20.3. The highest BCUT2D eigenvalue weighted by molar-refractivity contribution is 7.90. The van der Waals surface area contributed by atoms with Gasteiger partial charge in [-0.05, 0) is 62.4 Å². The molecule has 1 atom stereocenters. The largest absolute Gasteiger partial charge is 0.497 e. The molecule has 6 heteroatoms. The lowest BCUT2D eigenvalue weighted by Crippen LogP contribution is -2.24. The molecule has 2 aromatic rings. The fraction of sp³-hybridized carbons (Fsp3) is 0.400. The van der Waals surface area contributed by atoms with Crippen LogP contribution >= 0.6 is 0 Å². The maximum Gasteiger partial charge on any atom is 0.175 e. The summed E-state index contributed by atoms with van der Waals surface area (Å²) < 4.78 is 34.0. The van der Waals surface area contributed by atoms with Crippen molar-refractivity contribution in [1.29, 1.82) is 0 Å². The van der Waals surface area contributed by atoms with Crippen LogP contribution in [0.1, 0.15) is 24.9 Å². The molecule has 0 N–H and O–H groups in total. The molecular formula is C20H27NO4S. The Labute approximate surface area is 156 Å². The van der Waals surface area contributed by atoms with E-state index in [1.165, 1.54) is 6.26 Å². The average molecular weight is 378 g/mol. The number of benzene rings is 2. The third-order valence-corrected chi connectivity index (χ3v) is 5.56. The molecule has 0 fully saturated rings. The number of hydrogen-bond donors (Lipinski definition) is 0. The van der Waals surface area contributed by atoms with Gasteiger partial charge in [0.2, 0.25) is 0 Å². The molecule has 2 rings (SSSR count). The van der Waals surface area contributed by atoms with Gasteiger partial charge in [0.1, 0.15) is 11.5 Å². The molecule has 0 radical (unpaired) electrons. The summed E-state index contributed by atoms with van der Waals surface area (Å²) in [4.78, 5) is 2.58. The van der Waals surface area contributed by atoms with Gasteiger partial charge in [0, 0.05) is 18.8 Å². The summed E-state index contributed by atoms with van der Waals surface area (Å²) in [7, 11) is 0.547. The van der Waals surface area contributed by atoms with Crippen LogP contribution in [0.3, 0.4) is 0 Å². The summed E-state index contributed by atoms with van der Waals surface area (Å²) >= 11 is 0. The van der Waals surface area contributed by atoms with Crippen LogP contribution in [-0.2, 0) is 9.84 Å². The summed E-state index contributed by atoms with van der Waals surface area (Å²) in [6, 6.07) is 14.8. The van der Waals surface area contributed by atoms with Gasteiger partial charge in [0.25, 0.3) is 0 Å². The van der Waals surface area contributed by atoms with Gasteiger partial charge in [0.05, 0.1) is 18.6 Å². The van der Waals surface area contributed by atoms with E-state index in [2.05, 4.69) is 18.9 Å². The van der Waals surface area contributed by atoms with E-state index < -0.39 is 9.84 Å². The van der Waals surface area contributed by atoms with Crippen molar-refractivity contribution in [3.63, 3.8) is 0 Å². The smallest absolute Gasteiger partial charge is 0.175 e. The average Bonchev–Trinajstić information content (AvgIpc) is 2.64. The molecule has 0 bridgehead atoms. The first-order chi connectivity index (χ1) is 12.3. The first-order valence-electron chi connectivity index (χ1n) is 8.58. The van der Waals surface area contributed by atoms with Crippen molar-refractivity contribution >= 4 is 9.84 Å². The zero-order valence-corrected chi connectivity index (χ0v) is 16.6. The molecule has 0 spiro atoms. The fourth-order valence-electron chi connectivity index (χ4n) is 2.62. The lowest BCUT2D eigenvalue weighted by atomic mass is 10.1. The number of sulfone groups is 1. The van der Waals surface area contributed by atoms with E-state index in [4.69, 9.17) is 9.47 Å². The summed E-state index contributed by atoms with van der Waals surface area (Å²) in [5.41, 5.74) is 1.09. The second kappa shape index (κ2) is 9.05. The Bertz CT molecular complexity index is 786. The highest BCUT2D eigenvalue weighted by Gasteiger charge is 2.13. The number of methoxy groups -OCH3 is 1. The Morgan fingerprint density at radius 3 is 2.12 bits per heavy atom. The van der Waals surface area contributed by atoms with Gasteiger partial charge >= 0.3 is 0 Å². The molecule has 0 aliphatic carbocycles. The van der Waals surface area contributed by atoms with E-state index in [1.54, 1.807) is 19.2 Å². The molecule has 0 aliphatic heterocycles. The van der Waals surface area contributed by atoms with Gasteiger partial charge in [-0.3, -0.25) is 4.90 Å². The quantitative estimate of drug-likeness (QED) is 0.626. The van der Waals surface area contributed by atoms with Crippen molar-refractivity contribution in [3.8, 4) is 11.5 Å². The van der Waals surface area contributed by atoms with E-state index >= 15 is 0 Å². The zero-order chi connectivity index (χ0) is 19.2. The van der Waals surface area contributed by atoms with Crippen molar-refractivity contribution in [2.45, 2.75) is 24.3 Å². The maximum absolute atomic E-state index is 11.5. The predicted octanol–water partition coefficient (Wildman–Crippen LogP) is 3.56. The molecule has 0 heterocycles. The van der Waals surface area contributed by atoms with Gasteiger partial charge < -0.3 is 9.47 Å². The highest BCUT2D eigenvalue weighted by Crippen LogP contribution is 2.21. The van der Waals surface area contributed by atoms with Gasteiger partial charge in [-0.15, -0.1) is 0 Å². The Hall–Kier alpha value is -2.05. The minimum atomic E-state index is -3.15. The van der Waals surface area contributed by atoms with Crippen LogP contribution in [0, 0.1) is 0 Å². The molecular weight excluding hydrogens is 350 g/mol. The van der Waals surface area contributed by atoms with Crippen LogP contribution in [-0.4, -0.2) is 46.9 Å². The number of hydrogen-bond acceptors (Lipinski definition) is 5. The van der Waals surface area contributed by atoms with Crippen molar-refractivity contribution < 1.29 is 17.9 Å². The Morgan fingerprint density at radius 2 is 1.58 bits per heavy atom. The van der Waals surface area contributed by atoms with E-state index in [0.29, 0.717) is 11.5 Å². The molecule has 0 saturated carbocycles. The van der Waals surface area contributed by atoms with Gasteiger partial charge in [0.15, 0.2) is 9.84 Å². The highest BCUT2D eigenvalue weighted by atomic mass is 32.2. The Kier molecular flexibility index (Phi) is 7.06. The van der Waals surface area contributed by atoms with E-state index in [-0.39, 0.29) is 6.04 Å². The Morgan fingerprint density at radius 1 is 1.00 bits per heavy atom. The minimum Gasteiger partial charge on any atom is -0.497 e. The van der Waals surface area contributed by atoms with Gasteiger partial charge in [-0.25, -0.2) is 8.42 Å². The first-order valence-corrected chi connectivity index (χ1v) is 10.5. The summed E-state index contributed by atoms with van der Waals surface area (Å²) in [6.45, 7) is 3.63. The summed E-state index contributed by atoms with van der Waals surface area (Å²) in [5, 5.41) is 0. The molecule has 2 aromatic carbocycles. The van der Waals surface area contributed by atoms with Crippen molar-refractivity contribution in [3.05, 3.63) is 54.1 Å². The van der Waals surface area contributed by atoms with Gasteiger partial charge in [-0.2, -0.15) is 0 Å². The fourth-order valence-corrected chi connectivity index (χ4v) is 3.25. The van der Waals surface area contributed by atoms with Crippen molar-refractivity contribution in [2.75, 3.05) is 33.6 Å². The van der Waals surface area contributed by atoms with E-state index in [1.807, 2.05) is 36.4 Å². The second-order valence-electron chi connectivity index (χ2n) is 6.38. The van der Waals surface area contributed by atoms with Crippen LogP contribution in [0.25, 0.3) is 0 Å². The standard InChI is InChI=1S/C20H27NO4S/c1-16(17-6-12-20(13-7-17)26(4,22)23)21(2)14-5-15-25-19-10-8-18(24-3)9-11-19/h6-13,16H,5,14-15H2,1-4H3. The molecule has 0 aromatic heterocycles. The Balaban J connectivity index is 1.80. The molecule has 142 valence electrons. The second-order valence-corrected chi connectivity index (χ2v) is 8.39. The molecule has 0 amide bonds. The normalized spacial score (nSPS) is 12.8. The molecule has 0 saturated heterocycles. The third kappa shape index (κ3) is 5.75. The number of rotatable bonds is 9. The minimum absolute atomic E-state index is 0.199. The van der Waals surface area contributed by atoms with Crippen LogP contribution in [0.15, 0.2) is 53.4 Å². The van der Waals surface area contributed by atoms with Crippen LogP contribution < -0.4 is 9.47 Å². The molecule has 0 aliphatic rings. The topological polar surface area (TPSA) is 55.8 Å². The molecule has 1 unspecified atom stereocenters. The van der Waals surface area contributed by atoms with Gasteiger partial charge in [-0.1, -0.05) is 12.1 Å². The van der Waals surface area contributed by atoms with E-state index in [0.717, 1.165) is 30.0 Å². The van der Waals surface area contributed by atoms with Crippen molar-refractivity contribution in [2.24, 2.45) is 0 Å². The zero-order valence-electron chi connectivity index (χ0n) is 15.8. The molecule has 26 heavy (non-hydrogen) atoms. The SMILES string of the molecule is COc1ccc(OCCCN(C)C(C)c2ccc(S(C)(=O)=O)cc2)cc1. The number of ether oxygens (including phenoxy) is 2. The van der Waals surface area contributed by atoms with Crippen molar-refractivity contribution in [1.82, 2.24) is 4.90 Å². The lowest BCUT2D eigenvalue weighted by molar-refractivity contribution is 0.226. The van der Waals surface area contributed by atoms with Crippen LogP contribution in [0.5, 0.6) is 11.5 Å². The van der Waals surface area contributed by atoms with Crippen LogP contribution in [0.2, 0.25) is 0 Å². The predicted molar refractivity (Wildman–Crippen MR) is 104 cm³/mol. The lowest BCUT2D eigenvalue weighted by Gasteiger charge is -2.25. The van der Waals surface area contributed by atoms with E-state index in [9.17, 15) is 8.42 Å².